The smallest absolute Gasteiger partial charge is 0.294 e. The third kappa shape index (κ3) is 5.44. The predicted octanol–water partition coefficient (Wildman–Crippen LogP) is 4.63. The van der Waals surface area contributed by atoms with Crippen LogP contribution < -0.4 is 15.0 Å². The van der Waals surface area contributed by atoms with Crippen molar-refractivity contribution in [3.8, 4) is 5.75 Å². The molecule has 1 atom stereocenters. The van der Waals surface area contributed by atoms with Gasteiger partial charge in [0.1, 0.15) is 15.2 Å². The number of thioether (sulfide) groups is 1. The van der Waals surface area contributed by atoms with Crippen molar-refractivity contribution in [1.29, 1.82) is 0 Å². The van der Waals surface area contributed by atoms with Crippen LogP contribution >= 0.6 is 34.7 Å². The van der Waals surface area contributed by atoms with Crippen molar-refractivity contribution in [3.63, 3.8) is 0 Å². The van der Waals surface area contributed by atoms with Crippen molar-refractivity contribution in [2.75, 3.05) is 17.3 Å². The molecule has 2 aromatic carbocycles. The maximum absolute atomic E-state index is 13.2. The van der Waals surface area contributed by atoms with Gasteiger partial charge in [0.15, 0.2) is 5.17 Å². The summed E-state index contributed by atoms with van der Waals surface area (Å²) in [4.78, 5) is 27.1. The molecule has 1 aliphatic heterocycles. The normalized spacial score (nSPS) is 17.2. The number of rotatable bonds is 7. The lowest BCUT2D eigenvalue weighted by atomic mass is 10.2. The van der Waals surface area contributed by atoms with Gasteiger partial charge in [0.25, 0.3) is 10.0 Å². The lowest BCUT2D eigenvalue weighted by Gasteiger charge is -2.16. The molecule has 34 heavy (non-hydrogen) atoms. The number of anilines is 2. The van der Waals surface area contributed by atoms with Crippen LogP contribution in [0.25, 0.3) is 0 Å². The second-order valence-electron chi connectivity index (χ2n) is 7.00. The van der Waals surface area contributed by atoms with Gasteiger partial charge >= 0.3 is 0 Å². The highest BCUT2D eigenvalue weighted by Gasteiger charge is 2.41. The summed E-state index contributed by atoms with van der Waals surface area (Å²) < 4.78 is 35.0. The Labute approximate surface area is 209 Å². The van der Waals surface area contributed by atoms with E-state index in [0.29, 0.717) is 21.5 Å². The van der Waals surface area contributed by atoms with Crippen molar-refractivity contribution >= 4 is 73.1 Å². The van der Waals surface area contributed by atoms with Crippen LogP contribution in [0.1, 0.15) is 6.42 Å². The van der Waals surface area contributed by atoms with Crippen molar-refractivity contribution < 1.29 is 22.7 Å². The standard InChI is InChI=1S/C22H18ClN3O5S3/c1-31-16-9-7-14(8-10-16)24-19(27)13-17-21(28)26(15-5-3-2-4-6-15)22(32-17)25-34(29,30)20-12-11-18(23)33-20/h2-12,17H,13H2,1H3,(H,24,27)/t17-/m0/s1. The highest BCUT2D eigenvalue weighted by Crippen LogP contribution is 2.36. The molecule has 1 fully saturated rings. The largest absolute Gasteiger partial charge is 0.497 e. The number of nitrogens with one attached hydrogen (secondary N) is 1. The van der Waals surface area contributed by atoms with E-state index < -0.39 is 27.1 Å². The van der Waals surface area contributed by atoms with Gasteiger partial charge in [0.2, 0.25) is 11.8 Å². The summed E-state index contributed by atoms with van der Waals surface area (Å²) in [6.45, 7) is 0. The first-order valence-corrected chi connectivity index (χ1v) is 13.4. The minimum Gasteiger partial charge on any atom is -0.497 e. The monoisotopic (exact) mass is 535 g/mol. The number of halogens is 1. The third-order valence-corrected chi connectivity index (χ3v) is 8.91. The number of sulfonamides is 1. The van der Waals surface area contributed by atoms with E-state index in [4.69, 9.17) is 16.3 Å². The summed E-state index contributed by atoms with van der Waals surface area (Å²) in [6, 6.07) is 18.2. The number of benzene rings is 2. The number of amidine groups is 1. The van der Waals surface area contributed by atoms with Gasteiger partial charge in [-0.1, -0.05) is 41.6 Å². The molecule has 0 radical (unpaired) electrons. The second kappa shape index (κ2) is 10.2. The zero-order valence-corrected chi connectivity index (χ0v) is 20.9. The van der Waals surface area contributed by atoms with Gasteiger partial charge in [-0.25, -0.2) is 0 Å². The molecule has 1 aliphatic rings. The summed E-state index contributed by atoms with van der Waals surface area (Å²) in [5.41, 5.74) is 1.00. The van der Waals surface area contributed by atoms with Crippen LogP contribution in [-0.4, -0.2) is 37.8 Å². The average molecular weight is 536 g/mol. The molecule has 176 valence electrons. The van der Waals surface area contributed by atoms with Crippen LogP contribution in [-0.2, 0) is 19.6 Å². The van der Waals surface area contributed by atoms with Crippen LogP contribution in [0.4, 0.5) is 11.4 Å². The number of thiophene rings is 1. The van der Waals surface area contributed by atoms with Crippen LogP contribution in [0.3, 0.4) is 0 Å². The minimum absolute atomic E-state index is 0.0250. The van der Waals surface area contributed by atoms with E-state index in [1.165, 1.54) is 17.0 Å². The van der Waals surface area contributed by atoms with Crippen LogP contribution in [0.5, 0.6) is 5.75 Å². The first-order valence-electron chi connectivity index (χ1n) is 9.87. The summed E-state index contributed by atoms with van der Waals surface area (Å²) in [6.07, 6.45) is -0.164. The Morgan fingerprint density at radius 2 is 1.82 bits per heavy atom. The van der Waals surface area contributed by atoms with E-state index in [2.05, 4.69) is 9.71 Å². The van der Waals surface area contributed by atoms with E-state index in [0.717, 1.165) is 23.1 Å². The van der Waals surface area contributed by atoms with Gasteiger partial charge in [-0.05, 0) is 48.5 Å². The quantitative estimate of drug-likeness (QED) is 0.473. The number of nitrogens with zero attached hydrogens (tertiary/aromatic N) is 2. The van der Waals surface area contributed by atoms with Gasteiger partial charge in [0.05, 0.1) is 17.1 Å². The van der Waals surface area contributed by atoms with Crippen molar-refractivity contribution in [2.45, 2.75) is 15.9 Å². The lowest BCUT2D eigenvalue weighted by molar-refractivity contribution is -0.121. The fraction of sp³-hybridized carbons (Fsp3) is 0.136. The molecule has 0 unspecified atom stereocenters. The number of carbonyl (C=O) groups excluding carboxylic acids is 2. The van der Waals surface area contributed by atoms with E-state index in [9.17, 15) is 18.0 Å². The zero-order chi connectivity index (χ0) is 24.3. The number of methoxy groups -OCH3 is 1. The molecule has 1 N–H and O–H groups in total. The lowest BCUT2D eigenvalue weighted by Crippen LogP contribution is -2.33. The molecule has 3 aromatic rings. The summed E-state index contributed by atoms with van der Waals surface area (Å²) in [7, 11) is -2.56. The van der Waals surface area contributed by atoms with E-state index in [-0.39, 0.29) is 15.8 Å². The number of hydrogen-bond donors (Lipinski definition) is 1. The fourth-order valence-electron chi connectivity index (χ4n) is 3.11. The number of para-hydroxylation sites is 1. The summed E-state index contributed by atoms with van der Waals surface area (Å²) in [5, 5.41) is 1.86. The molecule has 2 amide bonds. The van der Waals surface area contributed by atoms with E-state index >= 15 is 0 Å². The van der Waals surface area contributed by atoms with Gasteiger partial charge in [0, 0.05) is 12.1 Å². The van der Waals surface area contributed by atoms with Crippen molar-refractivity contribution in [2.24, 2.45) is 4.40 Å². The Kier molecular flexibility index (Phi) is 7.27. The molecule has 2 heterocycles. The molecular weight excluding hydrogens is 518 g/mol. The maximum atomic E-state index is 13.2. The van der Waals surface area contributed by atoms with Gasteiger partial charge in [-0.3, -0.25) is 14.5 Å². The maximum Gasteiger partial charge on any atom is 0.294 e. The Morgan fingerprint density at radius 1 is 1.12 bits per heavy atom. The van der Waals surface area contributed by atoms with Crippen LogP contribution in [0.2, 0.25) is 4.34 Å². The Morgan fingerprint density at radius 3 is 2.44 bits per heavy atom. The highest BCUT2D eigenvalue weighted by atomic mass is 35.5. The number of ether oxygens (including phenoxy) is 1. The van der Waals surface area contributed by atoms with Gasteiger partial charge in [-0.2, -0.15) is 8.42 Å². The molecule has 4 rings (SSSR count). The highest BCUT2D eigenvalue weighted by molar-refractivity contribution is 8.16. The fourth-order valence-corrected chi connectivity index (χ4v) is 6.91. The van der Waals surface area contributed by atoms with Gasteiger partial charge in [-0.15, -0.1) is 15.7 Å². The molecule has 12 heteroatoms. The predicted molar refractivity (Wildman–Crippen MR) is 135 cm³/mol. The topological polar surface area (TPSA) is 105 Å². The molecule has 0 spiro atoms. The van der Waals surface area contributed by atoms with Crippen molar-refractivity contribution in [1.82, 2.24) is 0 Å². The summed E-state index contributed by atoms with van der Waals surface area (Å²) in [5.74, 6) is -0.176. The Bertz CT molecular complexity index is 1340. The first kappa shape index (κ1) is 24.3. The molecule has 0 saturated carbocycles. The van der Waals surface area contributed by atoms with Crippen LogP contribution in [0.15, 0.2) is 75.3 Å². The minimum atomic E-state index is -4.10. The molecule has 1 saturated heterocycles. The Balaban J connectivity index is 1.58. The molecule has 1 aromatic heterocycles. The third-order valence-electron chi connectivity index (χ3n) is 4.69. The Hall–Kier alpha value is -2.86. The first-order chi connectivity index (χ1) is 16.3. The van der Waals surface area contributed by atoms with Crippen molar-refractivity contribution in [3.05, 3.63) is 71.1 Å². The van der Waals surface area contributed by atoms with E-state index in [1.54, 1.807) is 61.7 Å². The average Bonchev–Trinajstić information content (AvgIpc) is 3.38. The molecular formula is C22H18ClN3O5S3. The number of carbonyl (C=O) groups is 2. The molecule has 8 nitrogen and oxygen atoms in total. The molecule has 0 bridgehead atoms. The van der Waals surface area contributed by atoms with Gasteiger partial charge < -0.3 is 10.1 Å². The summed E-state index contributed by atoms with van der Waals surface area (Å²) >= 11 is 7.69. The zero-order valence-electron chi connectivity index (χ0n) is 17.7. The van der Waals surface area contributed by atoms with Crippen LogP contribution in [0, 0.1) is 0 Å². The number of hydrogen-bond acceptors (Lipinski definition) is 7. The molecule has 0 aliphatic carbocycles. The second-order valence-corrected chi connectivity index (χ2v) is 11.7. The van der Waals surface area contributed by atoms with E-state index in [1.807, 2.05) is 0 Å². The number of amides is 2. The SMILES string of the molecule is COc1ccc(NC(=O)C[C@@H]2SC(=NS(=O)(=O)c3ccc(Cl)s3)N(c3ccccc3)C2=O)cc1.